The minimum absolute atomic E-state index is 0.0501. The van der Waals surface area contributed by atoms with Crippen LogP contribution in [0.2, 0.25) is 0 Å². The molecule has 0 saturated carbocycles. The van der Waals surface area contributed by atoms with Crippen molar-refractivity contribution < 1.29 is 4.79 Å². The molecule has 1 fully saturated rings. The van der Waals surface area contributed by atoms with Gasteiger partial charge in [0.25, 0.3) is 5.91 Å². The molecule has 3 aromatic rings. The van der Waals surface area contributed by atoms with E-state index in [0.29, 0.717) is 12.1 Å². The summed E-state index contributed by atoms with van der Waals surface area (Å²) < 4.78 is 1.56. The second-order valence-electron chi connectivity index (χ2n) is 7.51. The first-order valence-electron chi connectivity index (χ1n) is 10.4. The van der Waals surface area contributed by atoms with E-state index < -0.39 is 0 Å². The molecule has 8 nitrogen and oxygen atoms in total. The normalized spacial score (nSPS) is 15.2. The molecular formula is C22H27N7O. The zero-order valence-electron chi connectivity index (χ0n) is 17.0. The number of amides is 1. The fourth-order valence-electron chi connectivity index (χ4n) is 3.66. The van der Waals surface area contributed by atoms with Crippen molar-refractivity contribution in [1.29, 1.82) is 0 Å². The van der Waals surface area contributed by atoms with Crippen molar-refractivity contribution in [2.24, 2.45) is 0 Å². The van der Waals surface area contributed by atoms with Gasteiger partial charge in [-0.1, -0.05) is 30.3 Å². The number of hydrogen-bond donors (Lipinski definition) is 1. The molecule has 0 unspecified atom stereocenters. The summed E-state index contributed by atoms with van der Waals surface area (Å²) in [4.78, 5) is 17.3. The van der Waals surface area contributed by atoms with Gasteiger partial charge in [-0.3, -0.25) is 9.69 Å². The van der Waals surface area contributed by atoms with Crippen molar-refractivity contribution >= 4 is 5.91 Å². The van der Waals surface area contributed by atoms with Gasteiger partial charge in [0.2, 0.25) is 0 Å². The smallest absolute Gasteiger partial charge is 0.251 e. The summed E-state index contributed by atoms with van der Waals surface area (Å²) in [6.07, 6.45) is 2.48. The Hall–Kier alpha value is -3.10. The number of piperazine rings is 1. The molecular weight excluding hydrogens is 378 g/mol. The molecule has 0 radical (unpaired) electrons. The van der Waals surface area contributed by atoms with Crippen molar-refractivity contribution in [2.45, 2.75) is 13.0 Å². The SMILES string of the molecule is O=C(NCCCN1CCN(Cc2ccccc2)CC1)c1ccc(-n2cnnn2)cc1. The molecule has 1 aliphatic rings. The van der Waals surface area contributed by atoms with Crippen LogP contribution in [0.1, 0.15) is 22.3 Å². The lowest BCUT2D eigenvalue weighted by molar-refractivity contribution is 0.0947. The van der Waals surface area contributed by atoms with Crippen LogP contribution in [0.3, 0.4) is 0 Å². The van der Waals surface area contributed by atoms with E-state index in [1.165, 1.54) is 11.9 Å². The lowest BCUT2D eigenvalue weighted by Gasteiger charge is -2.34. The number of hydrogen-bond acceptors (Lipinski definition) is 6. The first-order chi connectivity index (χ1) is 14.8. The second kappa shape index (κ2) is 10.1. The maximum atomic E-state index is 12.3. The molecule has 4 rings (SSSR count). The van der Waals surface area contributed by atoms with E-state index in [4.69, 9.17) is 0 Å². The zero-order valence-corrected chi connectivity index (χ0v) is 17.0. The van der Waals surface area contributed by atoms with Crippen LogP contribution < -0.4 is 5.32 Å². The van der Waals surface area contributed by atoms with Crippen molar-refractivity contribution in [2.75, 3.05) is 39.3 Å². The Balaban J connectivity index is 1.13. The van der Waals surface area contributed by atoms with Gasteiger partial charge in [0.15, 0.2) is 0 Å². The van der Waals surface area contributed by atoms with Crippen LogP contribution in [-0.4, -0.2) is 75.2 Å². The van der Waals surface area contributed by atoms with Crippen molar-refractivity contribution in [3.05, 3.63) is 72.1 Å². The Bertz CT molecular complexity index is 904. The van der Waals surface area contributed by atoms with E-state index in [9.17, 15) is 4.79 Å². The summed E-state index contributed by atoms with van der Waals surface area (Å²) in [6, 6.07) is 17.9. The van der Waals surface area contributed by atoms with Crippen molar-refractivity contribution in [3.63, 3.8) is 0 Å². The average molecular weight is 406 g/mol. The summed E-state index contributed by atoms with van der Waals surface area (Å²) in [5, 5.41) is 14.1. The molecule has 2 aromatic carbocycles. The van der Waals surface area contributed by atoms with Gasteiger partial charge in [0.1, 0.15) is 6.33 Å². The van der Waals surface area contributed by atoms with Gasteiger partial charge in [-0.15, -0.1) is 5.10 Å². The van der Waals surface area contributed by atoms with Crippen LogP contribution in [0.15, 0.2) is 60.9 Å². The van der Waals surface area contributed by atoms with Gasteiger partial charge >= 0.3 is 0 Å². The van der Waals surface area contributed by atoms with Crippen LogP contribution in [0.5, 0.6) is 0 Å². The third-order valence-electron chi connectivity index (χ3n) is 5.39. The van der Waals surface area contributed by atoms with Crippen LogP contribution in [0.4, 0.5) is 0 Å². The summed E-state index contributed by atoms with van der Waals surface area (Å²) in [6.45, 7) is 7.06. The van der Waals surface area contributed by atoms with E-state index in [0.717, 1.165) is 51.4 Å². The van der Waals surface area contributed by atoms with Crippen LogP contribution in [0, 0.1) is 0 Å². The Morgan fingerprint density at radius 2 is 1.67 bits per heavy atom. The predicted octanol–water partition coefficient (Wildman–Crippen LogP) is 1.60. The van der Waals surface area contributed by atoms with E-state index in [2.05, 4.69) is 61.0 Å². The summed E-state index contributed by atoms with van der Waals surface area (Å²) >= 11 is 0. The Morgan fingerprint density at radius 1 is 0.933 bits per heavy atom. The molecule has 0 atom stereocenters. The summed E-state index contributed by atoms with van der Waals surface area (Å²) in [5.74, 6) is -0.0501. The number of tetrazole rings is 1. The largest absolute Gasteiger partial charge is 0.352 e. The van der Waals surface area contributed by atoms with Gasteiger partial charge < -0.3 is 10.2 Å². The molecule has 0 spiro atoms. The molecule has 2 heterocycles. The Kier molecular flexibility index (Phi) is 6.79. The number of carbonyl (C=O) groups is 1. The van der Waals surface area contributed by atoms with Crippen LogP contribution >= 0.6 is 0 Å². The number of carbonyl (C=O) groups excluding carboxylic acids is 1. The molecule has 1 aromatic heterocycles. The quantitative estimate of drug-likeness (QED) is 0.574. The first kappa shape index (κ1) is 20.2. The Morgan fingerprint density at radius 3 is 2.37 bits per heavy atom. The number of rotatable bonds is 8. The molecule has 1 amide bonds. The molecule has 0 bridgehead atoms. The van der Waals surface area contributed by atoms with Gasteiger partial charge in [0, 0.05) is 44.8 Å². The topological polar surface area (TPSA) is 79.2 Å². The lowest BCUT2D eigenvalue weighted by atomic mass is 10.2. The fourth-order valence-corrected chi connectivity index (χ4v) is 3.66. The maximum Gasteiger partial charge on any atom is 0.251 e. The van der Waals surface area contributed by atoms with Gasteiger partial charge in [0.05, 0.1) is 5.69 Å². The van der Waals surface area contributed by atoms with Gasteiger partial charge in [-0.2, -0.15) is 0 Å². The highest BCUT2D eigenvalue weighted by atomic mass is 16.1. The first-order valence-corrected chi connectivity index (χ1v) is 10.4. The number of nitrogens with one attached hydrogen (secondary N) is 1. The molecule has 156 valence electrons. The predicted molar refractivity (Wildman–Crippen MR) is 114 cm³/mol. The van der Waals surface area contributed by atoms with Crippen LogP contribution in [0.25, 0.3) is 5.69 Å². The highest BCUT2D eigenvalue weighted by Crippen LogP contribution is 2.09. The Labute approximate surface area is 176 Å². The highest BCUT2D eigenvalue weighted by molar-refractivity contribution is 5.94. The number of benzene rings is 2. The van der Waals surface area contributed by atoms with Gasteiger partial charge in [-0.25, -0.2) is 4.68 Å². The molecule has 8 heteroatoms. The third kappa shape index (κ3) is 5.49. The minimum Gasteiger partial charge on any atom is -0.352 e. The fraction of sp³-hybridized carbons (Fsp3) is 0.364. The van der Waals surface area contributed by atoms with E-state index in [-0.39, 0.29) is 5.91 Å². The van der Waals surface area contributed by atoms with Crippen LogP contribution in [-0.2, 0) is 6.54 Å². The molecule has 1 saturated heterocycles. The molecule has 1 N–H and O–H groups in total. The average Bonchev–Trinajstić information content (AvgIpc) is 3.33. The zero-order chi connectivity index (χ0) is 20.6. The lowest BCUT2D eigenvalue weighted by Crippen LogP contribution is -2.46. The number of nitrogens with zero attached hydrogens (tertiary/aromatic N) is 6. The molecule has 30 heavy (non-hydrogen) atoms. The van der Waals surface area contributed by atoms with Gasteiger partial charge in [-0.05, 0) is 53.2 Å². The minimum atomic E-state index is -0.0501. The van der Waals surface area contributed by atoms with E-state index in [1.54, 1.807) is 16.8 Å². The third-order valence-corrected chi connectivity index (χ3v) is 5.39. The van der Waals surface area contributed by atoms with Crippen molar-refractivity contribution in [3.8, 4) is 5.69 Å². The summed E-state index contributed by atoms with van der Waals surface area (Å²) in [5.41, 5.74) is 2.84. The molecule has 1 aliphatic heterocycles. The standard InChI is InChI=1S/C22H27N7O/c30-22(20-7-9-21(10-8-20)29-18-24-25-26-29)23-11-4-12-27-13-15-28(16-14-27)17-19-5-2-1-3-6-19/h1-3,5-10,18H,4,11-17H2,(H,23,30). The maximum absolute atomic E-state index is 12.3. The van der Waals surface area contributed by atoms with Crippen molar-refractivity contribution in [1.82, 2.24) is 35.3 Å². The monoisotopic (exact) mass is 405 g/mol. The molecule has 0 aliphatic carbocycles. The summed E-state index contributed by atoms with van der Waals surface area (Å²) in [7, 11) is 0. The highest BCUT2D eigenvalue weighted by Gasteiger charge is 2.16. The second-order valence-corrected chi connectivity index (χ2v) is 7.51. The van der Waals surface area contributed by atoms with E-state index in [1.807, 2.05) is 12.1 Å². The van der Waals surface area contributed by atoms with E-state index >= 15 is 0 Å². The number of aromatic nitrogens is 4.